The lowest BCUT2D eigenvalue weighted by molar-refractivity contribution is -0.729. The summed E-state index contributed by atoms with van der Waals surface area (Å²) in [5, 5.41) is 23.5. The van der Waals surface area contributed by atoms with Crippen LogP contribution < -0.4 is 5.32 Å². The van der Waals surface area contributed by atoms with Crippen LogP contribution in [0.3, 0.4) is 0 Å². The Labute approximate surface area is 172 Å². The van der Waals surface area contributed by atoms with Gasteiger partial charge in [0, 0.05) is 18.2 Å². The summed E-state index contributed by atoms with van der Waals surface area (Å²) in [5.41, 5.74) is 0.356. The quantitative estimate of drug-likeness (QED) is 0.533. The highest BCUT2D eigenvalue weighted by Gasteiger charge is 2.46. The Bertz CT molecular complexity index is 1240. The Hall–Kier alpha value is -2.98. The van der Waals surface area contributed by atoms with Gasteiger partial charge in [-0.15, -0.1) is 0 Å². The molecular formula is C20H21N4O5S+. The first-order valence-electron chi connectivity index (χ1n) is 9.77. The number of aliphatic hydroxyl groups excluding tert-OH is 1. The van der Waals surface area contributed by atoms with Crippen molar-refractivity contribution in [2.24, 2.45) is 11.8 Å². The molecule has 1 aromatic carbocycles. The van der Waals surface area contributed by atoms with Crippen LogP contribution in [0.1, 0.15) is 19.3 Å². The fourth-order valence-electron chi connectivity index (χ4n) is 4.91. The molecule has 0 unspecified atom stereocenters. The maximum atomic E-state index is 13.1. The molecule has 2 aliphatic carbocycles. The van der Waals surface area contributed by atoms with Gasteiger partial charge >= 0.3 is 5.69 Å². The summed E-state index contributed by atoms with van der Waals surface area (Å²) in [4.78, 5) is 15.7. The SMILES string of the molecule is O=[N+](O)c1cnc2c(ccn2S(=O)(=O)c2ccccc2)c1N[C@@H]1C[C@@H]2C[C@H]1[C@H](O)C2. The van der Waals surface area contributed by atoms with E-state index in [1.165, 1.54) is 18.3 Å². The van der Waals surface area contributed by atoms with Gasteiger partial charge in [-0.3, -0.25) is 0 Å². The molecule has 5 rings (SSSR count). The lowest BCUT2D eigenvalue weighted by Gasteiger charge is -2.27. The number of pyridine rings is 1. The molecule has 3 aromatic rings. The zero-order chi connectivity index (χ0) is 21.0. The minimum Gasteiger partial charge on any atom is -0.393 e. The largest absolute Gasteiger partial charge is 0.393 e. The number of hydrogen-bond acceptors (Lipinski definition) is 6. The van der Waals surface area contributed by atoms with Crippen LogP contribution in [0.15, 0.2) is 53.7 Å². The number of fused-ring (bicyclic) bond motifs is 3. The van der Waals surface area contributed by atoms with Crippen LogP contribution in [0.25, 0.3) is 11.0 Å². The van der Waals surface area contributed by atoms with Gasteiger partial charge in [0.25, 0.3) is 14.9 Å². The van der Waals surface area contributed by atoms with Crippen molar-refractivity contribution in [1.29, 1.82) is 0 Å². The Balaban J connectivity index is 1.62. The van der Waals surface area contributed by atoms with E-state index in [1.807, 2.05) is 0 Å². The number of anilines is 1. The summed E-state index contributed by atoms with van der Waals surface area (Å²) in [6.07, 6.45) is 4.67. The molecule has 3 N–H and O–H groups in total. The third kappa shape index (κ3) is 2.86. The van der Waals surface area contributed by atoms with Gasteiger partial charge in [0.1, 0.15) is 11.9 Å². The lowest BCUT2D eigenvalue weighted by atomic mass is 9.92. The molecule has 4 atom stereocenters. The van der Waals surface area contributed by atoms with E-state index >= 15 is 0 Å². The average Bonchev–Trinajstić information content (AvgIpc) is 3.42. The minimum absolute atomic E-state index is 0.0556. The molecule has 2 aromatic heterocycles. The van der Waals surface area contributed by atoms with Gasteiger partial charge in [0.2, 0.25) is 0 Å². The zero-order valence-corrected chi connectivity index (χ0v) is 16.7. The Morgan fingerprint density at radius 1 is 1.13 bits per heavy atom. The first-order chi connectivity index (χ1) is 14.4. The number of benzene rings is 1. The van der Waals surface area contributed by atoms with Crippen LogP contribution in [-0.2, 0) is 10.0 Å². The van der Waals surface area contributed by atoms with Gasteiger partial charge in [0.05, 0.1) is 21.3 Å². The maximum Gasteiger partial charge on any atom is 0.358 e. The van der Waals surface area contributed by atoms with Gasteiger partial charge in [0.15, 0.2) is 5.65 Å². The molecule has 0 amide bonds. The molecule has 30 heavy (non-hydrogen) atoms. The number of aliphatic hydroxyl groups is 1. The number of aromatic nitrogens is 2. The fourth-order valence-corrected chi connectivity index (χ4v) is 6.24. The number of nitrogens with zero attached hydrogens (tertiary/aromatic N) is 3. The summed E-state index contributed by atoms with van der Waals surface area (Å²) < 4.78 is 27.2. The van der Waals surface area contributed by atoms with Crippen molar-refractivity contribution in [2.45, 2.75) is 36.3 Å². The highest BCUT2D eigenvalue weighted by Crippen LogP contribution is 2.47. The molecular weight excluding hydrogens is 408 g/mol. The maximum absolute atomic E-state index is 13.1. The van der Waals surface area contributed by atoms with E-state index in [4.69, 9.17) is 0 Å². The predicted octanol–water partition coefficient (Wildman–Crippen LogP) is 2.64. The topological polar surface area (TPSA) is 125 Å². The summed E-state index contributed by atoms with van der Waals surface area (Å²) in [6.45, 7) is 0. The standard InChI is InChI=1S/C20H21N4O5S/c25-18-10-12-8-15(18)16(9-12)22-19-14-6-7-23(20(14)21-11-17(19)24(26)27)30(28,29)13-4-2-1-3-5-13/h1-7,11-12,15-16,18,25H,8-10H2,(H,21,22)(H,26,27)/q+1/t12-,15+,16+,18+/m0/s1. The highest BCUT2D eigenvalue weighted by atomic mass is 32.2. The molecule has 156 valence electrons. The van der Waals surface area contributed by atoms with E-state index in [0.717, 1.165) is 29.4 Å². The van der Waals surface area contributed by atoms with E-state index in [2.05, 4.69) is 10.3 Å². The van der Waals surface area contributed by atoms with Gasteiger partial charge in [-0.1, -0.05) is 18.2 Å². The first-order valence-corrected chi connectivity index (χ1v) is 11.2. The van der Waals surface area contributed by atoms with Crippen LogP contribution >= 0.6 is 0 Å². The Morgan fingerprint density at radius 3 is 2.57 bits per heavy atom. The van der Waals surface area contributed by atoms with Gasteiger partial charge in [-0.25, -0.2) is 22.6 Å². The molecule has 0 radical (unpaired) electrons. The van der Waals surface area contributed by atoms with Crippen LogP contribution in [0.2, 0.25) is 0 Å². The smallest absolute Gasteiger partial charge is 0.358 e. The molecule has 0 spiro atoms. The second-order valence-corrected chi connectivity index (χ2v) is 9.83. The molecule has 2 aliphatic rings. The van der Waals surface area contributed by atoms with Crippen LogP contribution in [0, 0.1) is 16.7 Å². The van der Waals surface area contributed by atoms with Crippen LogP contribution in [0.4, 0.5) is 11.4 Å². The fraction of sp³-hybridized carbons (Fsp3) is 0.350. The molecule has 2 saturated carbocycles. The number of hydrogen-bond donors (Lipinski definition) is 3. The summed E-state index contributed by atoms with van der Waals surface area (Å²) in [6, 6.07) is 9.49. The molecule has 10 heteroatoms. The van der Waals surface area contributed by atoms with Crippen molar-refractivity contribution in [1.82, 2.24) is 8.96 Å². The molecule has 2 fully saturated rings. The third-order valence-corrected chi connectivity index (χ3v) is 7.96. The van der Waals surface area contributed by atoms with Crippen molar-refractivity contribution >= 4 is 32.4 Å². The second-order valence-electron chi connectivity index (χ2n) is 8.01. The van der Waals surface area contributed by atoms with Crippen molar-refractivity contribution in [3.05, 3.63) is 53.7 Å². The number of rotatable bonds is 5. The van der Waals surface area contributed by atoms with Crippen molar-refractivity contribution in [2.75, 3.05) is 5.32 Å². The van der Waals surface area contributed by atoms with Gasteiger partial charge < -0.3 is 10.4 Å². The summed E-state index contributed by atoms with van der Waals surface area (Å²) in [7, 11) is -3.88. The van der Waals surface area contributed by atoms with E-state index < -0.39 is 16.1 Å². The molecule has 2 bridgehead atoms. The Kier molecular flexibility index (Phi) is 4.30. The predicted molar refractivity (Wildman–Crippen MR) is 108 cm³/mol. The van der Waals surface area contributed by atoms with Crippen molar-refractivity contribution in [3.63, 3.8) is 0 Å². The summed E-state index contributed by atoms with van der Waals surface area (Å²) in [5.74, 6) is 0.476. The highest BCUT2D eigenvalue weighted by molar-refractivity contribution is 7.90. The van der Waals surface area contributed by atoms with E-state index in [1.54, 1.807) is 24.3 Å². The molecule has 0 aliphatic heterocycles. The zero-order valence-electron chi connectivity index (χ0n) is 15.9. The first kappa shape index (κ1) is 19.0. The second kappa shape index (κ2) is 6.78. The summed E-state index contributed by atoms with van der Waals surface area (Å²) >= 11 is 0. The van der Waals surface area contributed by atoms with Crippen LogP contribution in [0.5, 0.6) is 0 Å². The lowest BCUT2D eigenvalue weighted by Crippen LogP contribution is -2.34. The monoisotopic (exact) mass is 429 g/mol. The van der Waals surface area contributed by atoms with Crippen molar-refractivity contribution < 1.29 is 23.7 Å². The van der Waals surface area contributed by atoms with Crippen LogP contribution in [-0.4, -0.2) is 44.8 Å². The van der Waals surface area contributed by atoms with E-state index in [-0.39, 0.29) is 33.1 Å². The minimum atomic E-state index is -3.88. The van der Waals surface area contributed by atoms with E-state index in [9.17, 15) is 23.6 Å². The van der Waals surface area contributed by atoms with Gasteiger partial charge in [-0.2, -0.15) is 0 Å². The van der Waals surface area contributed by atoms with Gasteiger partial charge in [-0.05, 0) is 43.4 Å². The van der Waals surface area contributed by atoms with E-state index in [0.29, 0.717) is 17.0 Å². The van der Waals surface area contributed by atoms with Crippen molar-refractivity contribution in [3.8, 4) is 0 Å². The molecule has 2 heterocycles. The Morgan fingerprint density at radius 2 is 1.90 bits per heavy atom. The molecule has 0 saturated heterocycles. The average molecular weight is 429 g/mol. The number of nitrogens with one attached hydrogen (secondary N) is 1. The molecule has 9 nitrogen and oxygen atoms in total. The third-order valence-electron chi connectivity index (χ3n) is 6.28. The normalized spacial score (nSPS) is 25.6.